The molecule has 0 spiro atoms. The Hall–Kier alpha value is -0.200. The molecule has 0 bridgehead atoms. The molecule has 8 saturated carbocycles. The molecule has 5 heteroatoms. The van der Waals surface area contributed by atoms with Crippen molar-refractivity contribution in [3.63, 3.8) is 0 Å². The first-order valence-corrected chi connectivity index (χ1v) is 27.8. The lowest BCUT2D eigenvalue weighted by Gasteiger charge is -2.46. The van der Waals surface area contributed by atoms with Gasteiger partial charge in [-0.05, 0) is 144 Å². The number of hydrogen-bond donors (Lipinski definition) is 2. The lowest BCUT2D eigenvalue weighted by Crippen LogP contribution is -2.50. The average Bonchev–Trinajstić information content (AvgIpc) is 3.88. The Morgan fingerprint density at radius 2 is 0.450 bits per heavy atom. The van der Waals surface area contributed by atoms with Crippen molar-refractivity contribution < 1.29 is 0 Å². The quantitative estimate of drug-likeness (QED) is 0.193. The Labute approximate surface area is 377 Å². The zero-order valence-corrected chi connectivity index (χ0v) is 42.5. The van der Waals surface area contributed by atoms with Crippen LogP contribution in [0.3, 0.4) is 0 Å². The van der Waals surface area contributed by atoms with E-state index in [4.69, 9.17) is 0 Å². The summed E-state index contributed by atoms with van der Waals surface area (Å²) in [5, 5.41) is 7.06. The van der Waals surface area contributed by atoms with Crippen molar-refractivity contribution in [1.29, 1.82) is 0 Å². The standard InChI is InChI=1S/C14H27N.C13H25N.C12H23N.C9H19N.C7H15N/c1-12(2)15(14-10-6-7-11-14)13-8-4-3-5-9-13;1-11(2)14(13-9-6-10-13)12-7-4-3-5-8-12;1-10(2)13(12-8-9-12)11-6-4-3-5-7-11;1-8(2)10-9-6-4-3-5-7-9;1-6(2)8-7-4-3-5-7/h12-14H,3-11H2,1-2H3;11-13H,3-10H2,1-2H3;10-12H,3-9H2,1-2H3;8-10H,3-7H2,1-2H3;6-8H,3-5H2,1-2H3. The van der Waals surface area contributed by atoms with E-state index in [0.29, 0.717) is 12.1 Å². The van der Waals surface area contributed by atoms with Crippen LogP contribution in [0.5, 0.6) is 0 Å². The van der Waals surface area contributed by atoms with Gasteiger partial charge in [0.1, 0.15) is 0 Å². The molecular weight excluding hydrogens is 731 g/mol. The predicted molar refractivity (Wildman–Crippen MR) is 266 cm³/mol. The van der Waals surface area contributed by atoms with Crippen molar-refractivity contribution >= 4 is 0 Å². The molecule has 354 valence electrons. The van der Waals surface area contributed by atoms with E-state index in [0.717, 1.165) is 66.5 Å². The minimum absolute atomic E-state index is 0.670. The van der Waals surface area contributed by atoms with Gasteiger partial charge in [-0.25, -0.2) is 0 Å². The van der Waals surface area contributed by atoms with Crippen LogP contribution in [0.4, 0.5) is 0 Å². The highest BCUT2D eigenvalue weighted by molar-refractivity contribution is 4.92. The molecule has 0 aromatic rings. The molecular formula is C55H109N5. The van der Waals surface area contributed by atoms with Crippen molar-refractivity contribution in [2.45, 2.75) is 353 Å². The van der Waals surface area contributed by atoms with E-state index in [1.165, 1.54) is 205 Å². The third kappa shape index (κ3) is 19.5. The third-order valence-corrected chi connectivity index (χ3v) is 15.8. The molecule has 0 amide bonds. The molecule has 8 rings (SSSR count). The number of nitrogens with one attached hydrogen (secondary N) is 2. The van der Waals surface area contributed by atoms with Gasteiger partial charge in [0.25, 0.3) is 0 Å². The van der Waals surface area contributed by atoms with Gasteiger partial charge in [-0.15, -0.1) is 0 Å². The fraction of sp³-hybridized carbons (Fsp3) is 1.00. The van der Waals surface area contributed by atoms with Crippen LogP contribution in [0.1, 0.15) is 275 Å². The lowest BCUT2D eigenvalue weighted by molar-refractivity contribution is 0.0318. The maximum Gasteiger partial charge on any atom is 0.0102 e. The number of nitrogens with zero attached hydrogens (tertiary/aromatic N) is 3. The van der Waals surface area contributed by atoms with E-state index < -0.39 is 0 Å². The van der Waals surface area contributed by atoms with Gasteiger partial charge in [-0.2, -0.15) is 0 Å². The summed E-state index contributed by atoms with van der Waals surface area (Å²) < 4.78 is 0. The molecule has 8 fully saturated rings. The van der Waals surface area contributed by atoms with Crippen LogP contribution in [0.25, 0.3) is 0 Å². The first-order valence-electron chi connectivity index (χ1n) is 27.8. The van der Waals surface area contributed by atoms with Gasteiger partial charge < -0.3 is 10.6 Å². The molecule has 0 aliphatic heterocycles. The second-order valence-electron chi connectivity index (χ2n) is 22.9. The summed E-state index contributed by atoms with van der Waals surface area (Å²) in [5.74, 6) is 0. The Morgan fingerprint density at radius 3 is 0.633 bits per heavy atom. The number of rotatable bonds is 13. The van der Waals surface area contributed by atoms with Crippen LogP contribution in [-0.2, 0) is 0 Å². The molecule has 0 aromatic heterocycles. The maximum atomic E-state index is 3.58. The highest BCUT2D eigenvalue weighted by Crippen LogP contribution is 2.36. The molecule has 5 nitrogen and oxygen atoms in total. The summed E-state index contributed by atoms with van der Waals surface area (Å²) in [4.78, 5) is 8.51. The highest BCUT2D eigenvalue weighted by atomic mass is 15.2. The van der Waals surface area contributed by atoms with E-state index in [-0.39, 0.29) is 0 Å². The number of hydrogen-bond acceptors (Lipinski definition) is 5. The SMILES string of the molecule is CC(C)N(C1CCCCC1)C1CC1.CC(C)N(C1CCCCC1)C1CCC1.CC(C)N(C1CCCCC1)C1CCCC1.CC(C)NC1CCC1.CC(C)NC1CCCCC1. The molecule has 8 aliphatic carbocycles. The van der Waals surface area contributed by atoms with Gasteiger partial charge in [0.05, 0.1) is 0 Å². The Bertz CT molecular complexity index is 1010. The first kappa shape index (κ1) is 52.4. The maximum absolute atomic E-state index is 3.58. The van der Waals surface area contributed by atoms with Crippen LogP contribution < -0.4 is 10.6 Å². The zero-order chi connectivity index (χ0) is 43.3. The van der Waals surface area contributed by atoms with Crippen LogP contribution in [0.15, 0.2) is 0 Å². The van der Waals surface area contributed by atoms with Gasteiger partial charge in [-0.1, -0.05) is 130 Å². The van der Waals surface area contributed by atoms with Gasteiger partial charge in [0, 0.05) is 78.5 Å². The highest BCUT2D eigenvalue weighted by Gasteiger charge is 2.36. The molecule has 2 N–H and O–H groups in total. The Balaban J connectivity index is 0.000000168. The second-order valence-corrected chi connectivity index (χ2v) is 22.9. The van der Waals surface area contributed by atoms with E-state index in [2.05, 4.69) is 94.6 Å². The minimum atomic E-state index is 0.670. The molecule has 0 heterocycles. The largest absolute Gasteiger partial charge is 0.312 e. The van der Waals surface area contributed by atoms with Crippen LogP contribution in [-0.4, -0.2) is 93.2 Å². The van der Waals surface area contributed by atoms with Crippen LogP contribution >= 0.6 is 0 Å². The van der Waals surface area contributed by atoms with Crippen LogP contribution in [0.2, 0.25) is 0 Å². The smallest absolute Gasteiger partial charge is 0.0102 e. The van der Waals surface area contributed by atoms with Gasteiger partial charge in [0.2, 0.25) is 0 Å². The molecule has 60 heavy (non-hydrogen) atoms. The summed E-state index contributed by atoms with van der Waals surface area (Å²) in [6.07, 6.45) is 46.7. The summed E-state index contributed by atoms with van der Waals surface area (Å²) >= 11 is 0. The van der Waals surface area contributed by atoms with Crippen molar-refractivity contribution in [3.05, 3.63) is 0 Å². The fourth-order valence-corrected chi connectivity index (χ4v) is 12.6. The van der Waals surface area contributed by atoms with Crippen LogP contribution in [0, 0.1) is 0 Å². The normalized spacial score (nSPS) is 24.5. The molecule has 0 atom stereocenters. The summed E-state index contributed by atoms with van der Waals surface area (Å²) in [6, 6.07) is 10.9. The van der Waals surface area contributed by atoms with Gasteiger partial charge in [-0.3, -0.25) is 14.7 Å². The summed E-state index contributed by atoms with van der Waals surface area (Å²) in [6.45, 7) is 23.2. The van der Waals surface area contributed by atoms with E-state index in [1.54, 1.807) is 0 Å². The van der Waals surface area contributed by atoms with E-state index in [9.17, 15) is 0 Å². The minimum Gasteiger partial charge on any atom is -0.312 e. The molecule has 8 aliphatic rings. The van der Waals surface area contributed by atoms with Gasteiger partial charge >= 0.3 is 0 Å². The third-order valence-electron chi connectivity index (χ3n) is 15.8. The first-order chi connectivity index (χ1) is 28.9. The van der Waals surface area contributed by atoms with Crippen molar-refractivity contribution in [2.75, 3.05) is 0 Å². The van der Waals surface area contributed by atoms with Crippen molar-refractivity contribution in [2.24, 2.45) is 0 Å². The Kier molecular flexibility index (Phi) is 25.7. The molecule has 0 unspecified atom stereocenters. The van der Waals surface area contributed by atoms with Crippen molar-refractivity contribution in [1.82, 2.24) is 25.3 Å². The average molecular weight is 841 g/mol. The Morgan fingerprint density at radius 1 is 0.250 bits per heavy atom. The van der Waals surface area contributed by atoms with Crippen molar-refractivity contribution in [3.8, 4) is 0 Å². The monoisotopic (exact) mass is 840 g/mol. The lowest BCUT2D eigenvalue weighted by atomic mass is 9.85. The predicted octanol–water partition coefficient (Wildman–Crippen LogP) is 14.6. The van der Waals surface area contributed by atoms with E-state index in [1.807, 2.05) is 0 Å². The molecule has 0 aromatic carbocycles. The second kappa shape index (κ2) is 29.4. The van der Waals surface area contributed by atoms with E-state index >= 15 is 0 Å². The van der Waals surface area contributed by atoms with Gasteiger partial charge in [0.15, 0.2) is 0 Å². The summed E-state index contributed by atoms with van der Waals surface area (Å²) in [5.41, 5.74) is 0. The summed E-state index contributed by atoms with van der Waals surface area (Å²) in [7, 11) is 0. The molecule has 0 saturated heterocycles. The fourth-order valence-electron chi connectivity index (χ4n) is 12.6. The zero-order valence-electron chi connectivity index (χ0n) is 42.5. The molecule has 0 radical (unpaired) electrons. The topological polar surface area (TPSA) is 33.8 Å².